The van der Waals surface area contributed by atoms with E-state index in [1.165, 1.54) is 11.3 Å². The van der Waals surface area contributed by atoms with Crippen LogP contribution in [0.4, 0.5) is 5.13 Å². The molecule has 0 spiro atoms. The molecule has 158 valence electrons. The number of amides is 1. The molecule has 8 heteroatoms. The zero-order valence-corrected chi connectivity index (χ0v) is 18.8. The number of Topliss-reactive ketones (excluding diaryl/α,β-unsaturated/α-hetero) is 1. The number of hydrogen-bond donors (Lipinski definition) is 1. The SMILES string of the molecule is COc1ccc2c(c1)c(C(=O)C(=O)Nc1nc(C)c(C)s1)cn2Cc1ccc(Cl)cc1. The van der Waals surface area contributed by atoms with Gasteiger partial charge in [-0.1, -0.05) is 23.7 Å². The Kier molecular flexibility index (Phi) is 5.80. The number of fused-ring (bicyclic) bond motifs is 1. The van der Waals surface area contributed by atoms with E-state index in [-0.39, 0.29) is 0 Å². The van der Waals surface area contributed by atoms with Crippen LogP contribution in [0, 0.1) is 13.8 Å². The van der Waals surface area contributed by atoms with Crippen LogP contribution >= 0.6 is 22.9 Å². The number of thiazole rings is 1. The molecule has 1 amide bonds. The third-order valence-electron chi connectivity index (χ3n) is 5.05. The summed E-state index contributed by atoms with van der Waals surface area (Å²) in [6.07, 6.45) is 1.71. The number of ketones is 1. The molecular weight excluding hydrogens is 434 g/mol. The average molecular weight is 454 g/mol. The number of halogens is 1. The summed E-state index contributed by atoms with van der Waals surface area (Å²) in [4.78, 5) is 31.0. The van der Waals surface area contributed by atoms with E-state index in [0.717, 1.165) is 21.7 Å². The van der Waals surface area contributed by atoms with Gasteiger partial charge in [-0.3, -0.25) is 14.9 Å². The predicted molar refractivity (Wildman–Crippen MR) is 124 cm³/mol. The molecule has 4 rings (SSSR count). The van der Waals surface area contributed by atoms with Gasteiger partial charge in [-0.15, -0.1) is 11.3 Å². The molecule has 0 saturated heterocycles. The van der Waals surface area contributed by atoms with Crippen LogP contribution in [-0.4, -0.2) is 28.4 Å². The Morgan fingerprint density at radius 2 is 1.90 bits per heavy atom. The average Bonchev–Trinajstić information content (AvgIpc) is 3.27. The second kappa shape index (κ2) is 8.53. The minimum atomic E-state index is -0.720. The molecule has 0 aliphatic rings. The zero-order chi connectivity index (χ0) is 22.1. The van der Waals surface area contributed by atoms with Crippen LogP contribution in [0.5, 0.6) is 5.75 Å². The lowest BCUT2D eigenvalue weighted by Crippen LogP contribution is -2.22. The van der Waals surface area contributed by atoms with Gasteiger partial charge in [-0.05, 0) is 49.7 Å². The zero-order valence-electron chi connectivity index (χ0n) is 17.2. The van der Waals surface area contributed by atoms with Crippen molar-refractivity contribution in [3.63, 3.8) is 0 Å². The summed E-state index contributed by atoms with van der Waals surface area (Å²) >= 11 is 7.33. The lowest BCUT2D eigenvalue weighted by molar-refractivity contribution is -0.112. The van der Waals surface area contributed by atoms with Gasteiger partial charge in [0.1, 0.15) is 5.75 Å². The van der Waals surface area contributed by atoms with Crippen molar-refractivity contribution in [1.82, 2.24) is 9.55 Å². The molecular formula is C23H20ClN3O3S. The van der Waals surface area contributed by atoms with Gasteiger partial charge in [-0.25, -0.2) is 4.98 Å². The van der Waals surface area contributed by atoms with Crippen molar-refractivity contribution in [3.05, 3.63) is 75.4 Å². The Bertz CT molecular complexity index is 1270. The highest BCUT2D eigenvalue weighted by Crippen LogP contribution is 2.28. The molecule has 1 N–H and O–H groups in total. The summed E-state index contributed by atoms with van der Waals surface area (Å²) in [7, 11) is 1.56. The summed E-state index contributed by atoms with van der Waals surface area (Å²) in [5, 5.41) is 4.35. The van der Waals surface area contributed by atoms with E-state index in [0.29, 0.717) is 33.4 Å². The summed E-state index contributed by atoms with van der Waals surface area (Å²) in [6, 6.07) is 13.0. The monoisotopic (exact) mass is 453 g/mol. The fourth-order valence-electron chi connectivity index (χ4n) is 3.30. The van der Waals surface area contributed by atoms with Crippen LogP contribution in [-0.2, 0) is 11.3 Å². The molecule has 6 nitrogen and oxygen atoms in total. The van der Waals surface area contributed by atoms with Crippen LogP contribution < -0.4 is 10.1 Å². The minimum absolute atomic E-state index is 0.311. The number of aryl methyl sites for hydroxylation is 2. The van der Waals surface area contributed by atoms with E-state index in [1.807, 2.05) is 54.8 Å². The van der Waals surface area contributed by atoms with Gasteiger partial charge in [0.2, 0.25) is 0 Å². The van der Waals surface area contributed by atoms with Gasteiger partial charge in [0, 0.05) is 33.5 Å². The van der Waals surface area contributed by atoms with E-state index in [9.17, 15) is 9.59 Å². The number of carbonyl (C=O) groups excluding carboxylic acids is 2. The number of rotatable bonds is 6. The summed E-state index contributed by atoms with van der Waals surface area (Å²) in [5.74, 6) is -0.738. The number of benzene rings is 2. The number of nitrogens with one attached hydrogen (secondary N) is 1. The molecule has 2 heterocycles. The van der Waals surface area contributed by atoms with Crippen molar-refractivity contribution in [3.8, 4) is 5.75 Å². The molecule has 0 unspecified atom stereocenters. The van der Waals surface area contributed by atoms with Crippen LogP contribution in [0.2, 0.25) is 5.02 Å². The van der Waals surface area contributed by atoms with Gasteiger partial charge < -0.3 is 9.30 Å². The fourth-order valence-corrected chi connectivity index (χ4v) is 4.24. The summed E-state index contributed by atoms with van der Waals surface area (Å²) in [5.41, 5.74) is 2.99. The quantitative estimate of drug-likeness (QED) is 0.320. The van der Waals surface area contributed by atoms with Crippen molar-refractivity contribution in [2.45, 2.75) is 20.4 Å². The molecule has 0 saturated carbocycles. The second-order valence-electron chi connectivity index (χ2n) is 7.12. The van der Waals surface area contributed by atoms with Crippen LogP contribution in [0.25, 0.3) is 10.9 Å². The number of nitrogens with zero attached hydrogens (tertiary/aromatic N) is 2. The van der Waals surface area contributed by atoms with Gasteiger partial charge in [0.15, 0.2) is 5.13 Å². The number of aromatic nitrogens is 2. The van der Waals surface area contributed by atoms with Crippen molar-refractivity contribution in [2.24, 2.45) is 0 Å². The van der Waals surface area contributed by atoms with E-state index in [2.05, 4.69) is 10.3 Å². The third kappa shape index (κ3) is 4.33. The third-order valence-corrected chi connectivity index (χ3v) is 6.29. The molecule has 4 aromatic rings. The first-order chi connectivity index (χ1) is 14.9. The predicted octanol–water partition coefficient (Wildman–Crippen LogP) is 5.25. The lowest BCUT2D eigenvalue weighted by atomic mass is 10.1. The first-order valence-corrected chi connectivity index (χ1v) is 10.8. The highest BCUT2D eigenvalue weighted by Gasteiger charge is 2.23. The Labute approximate surface area is 188 Å². The fraction of sp³-hybridized carbons (Fsp3) is 0.174. The standard InChI is InChI=1S/C23H20ClN3O3S/c1-13-14(2)31-23(25-13)26-22(29)21(28)19-12-27(11-15-4-6-16(24)7-5-15)20-9-8-17(30-3)10-18(19)20/h4-10,12H,11H2,1-3H3,(H,25,26,29). The topological polar surface area (TPSA) is 73.2 Å². The number of anilines is 1. The first-order valence-electron chi connectivity index (χ1n) is 9.56. The maximum Gasteiger partial charge on any atom is 0.298 e. The maximum absolute atomic E-state index is 13.1. The number of carbonyl (C=O) groups is 2. The first kappa shape index (κ1) is 21.1. The Hall–Kier alpha value is -3.16. The molecule has 0 fully saturated rings. The van der Waals surface area contributed by atoms with Gasteiger partial charge >= 0.3 is 0 Å². The molecule has 31 heavy (non-hydrogen) atoms. The Balaban J connectivity index is 1.70. The van der Waals surface area contributed by atoms with E-state index >= 15 is 0 Å². The van der Waals surface area contributed by atoms with Gasteiger partial charge in [0.25, 0.3) is 11.7 Å². The van der Waals surface area contributed by atoms with Crippen LogP contribution in [0.15, 0.2) is 48.7 Å². The number of ether oxygens (including phenoxy) is 1. The number of hydrogen-bond acceptors (Lipinski definition) is 5. The van der Waals surface area contributed by atoms with E-state index in [1.54, 1.807) is 19.4 Å². The maximum atomic E-state index is 13.1. The highest BCUT2D eigenvalue weighted by molar-refractivity contribution is 7.15. The normalized spacial score (nSPS) is 11.0. The number of methoxy groups -OCH3 is 1. The molecule has 2 aromatic carbocycles. The summed E-state index contributed by atoms with van der Waals surface area (Å²) in [6.45, 7) is 4.31. The minimum Gasteiger partial charge on any atom is -0.497 e. The highest BCUT2D eigenvalue weighted by atomic mass is 35.5. The molecule has 0 bridgehead atoms. The molecule has 2 aromatic heterocycles. The molecule has 0 radical (unpaired) electrons. The van der Waals surface area contributed by atoms with E-state index < -0.39 is 11.7 Å². The smallest absolute Gasteiger partial charge is 0.298 e. The lowest BCUT2D eigenvalue weighted by Gasteiger charge is -2.06. The van der Waals surface area contributed by atoms with Crippen molar-refractivity contribution in [2.75, 3.05) is 12.4 Å². The molecule has 0 aliphatic carbocycles. The van der Waals surface area contributed by atoms with Crippen LogP contribution in [0.1, 0.15) is 26.5 Å². The van der Waals surface area contributed by atoms with Crippen molar-refractivity contribution >= 4 is 50.7 Å². The van der Waals surface area contributed by atoms with Crippen molar-refractivity contribution in [1.29, 1.82) is 0 Å². The Morgan fingerprint density at radius 3 is 2.55 bits per heavy atom. The van der Waals surface area contributed by atoms with Gasteiger partial charge in [0.05, 0.1) is 18.4 Å². The van der Waals surface area contributed by atoms with Crippen molar-refractivity contribution < 1.29 is 14.3 Å². The molecule has 0 atom stereocenters. The Morgan fingerprint density at radius 1 is 1.16 bits per heavy atom. The van der Waals surface area contributed by atoms with Gasteiger partial charge in [-0.2, -0.15) is 0 Å². The summed E-state index contributed by atoms with van der Waals surface area (Å²) < 4.78 is 7.27. The second-order valence-corrected chi connectivity index (χ2v) is 8.76. The van der Waals surface area contributed by atoms with E-state index in [4.69, 9.17) is 16.3 Å². The van der Waals surface area contributed by atoms with Crippen LogP contribution in [0.3, 0.4) is 0 Å². The molecule has 0 aliphatic heterocycles. The largest absolute Gasteiger partial charge is 0.497 e.